The van der Waals surface area contributed by atoms with Gasteiger partial charge in [-0.25, -0.2) is 22.7 Å². The lowest BCUT2D eigenvalue weighted by Gasteiger charge is -2.24. The van der Waals surface area contributed by atoms with Gasteiger partial charge >= 0.3 is 0 Å². The maximum atomic E-state index is 14.2. The van der Waals surface area contributed by atoms with Crippen LogP contribution in [0.1, 0.15) is 19.3 Å². The summed E-state index contributed by atoms with van der Waals surface area (Å²) in [5.41, 5.74) is 3.50. The van der Waals surface area contributed by atoms with Crippen molar-refractivity contribution >= 4 is 51.1 Å². The van der Waals surface area contributed by atoms with Gasteiger partial charge < -0.3 is 4.74 Å². The van der Waals surface area contributed by atoms with Crippen molar-refractivity contribution in [2.24, 2.45) is 0 Å². The average molecular weight is 550 g/mol. The van der Waals surface area contributed by atoms with E-state index in [9.17, 15) is 13.2 Å². The number of aromatic nitrogens is 2. The van der Waals surface area contributed by atoms with Crippen LogP contribution in [0.3, 0.4) is 0 Å². The summed E-state index contributed by atoms with van der Waals surface area (Å²) in [5.74, 6) is -0.376. The van der Waals surface area contributed by atoms with Crippen molar-refractivity contribution in [3.63, 3.8) is 0 Å². The zero-order valence-electron chi connectivity index (χ0n) is 21.5. The minimum Gasteiger partial charge on any atom is -0.350 e. The Morgan fingerprint density at radius 1 is 1.13 bits per heavy atom. The molecule has 8 nitrogen and oxygen atoms in total. The molecule has 0 spiro atoms. The van der Waals surface area contributed by atoms with Gasteiger partial charge in [0.25, 0.3) is 15.9 Å². The number of hydrogen-bond donors (Lipinski definition) is 1. The highest BCUT2D eigenvalue weighted by Gasteiger charge is 2.33. The largest absolute Gasteiger partial charge is 0.350 e. The fourth-order valence-corrected chi connectivity index (χ4v) is 9.60. The van der Waals surface area contributed by atoms with Crippen molar-refractivity contribution in [1.82, 2.24) is 14.4 Å². The van der Waals surface area contributed by atoms with Crippen LogP contribution in [0, 0.1) is 0 Å². The maximum Gasteiger partial charge on any atom is 0.270 e. The molecule has 4 aromatic rings. The molecule has 38 heavy (non-hydrogen) atoms. The molecule has 1 amide bonds. The van der Waals surface area contributed by atoms with Crippen LogP contribution in [0.4, 0.5) is 0 Å². The lowest BCUT2D eigenvalue weighted by molar-refractivity contribution is -0.198. The number of pyridine rings is 1. The standard InChI is InChI=1S/C28H31N3O5SSi/c1-38(2,19-9-15-25(32)30-36-27-16-5-6-18-35-27)26-20-22-10-3-4-13-23(22)31(26)37(33,34)24-14-7-11-21-12-8-17-29-28(21)24/h3-4,7-15,17,20,27H,5-6,16,18-19H2,1-2H3,(H,30,32)/b15-9+. The van der Waals surface area contributed by atoms with Crippen molar-refractivity contribution in [2.75, 3.05) is 6.61 Å². The smallest absolute Gasteiger partial charge is 0.270 e. The van der Waals surface area contributed by atoms with Crippen molar-refractivity contribution < 1.29 is 22.8 Å². The Bertz CT molecular complexity index is 1600. The highest BCUT2D eigenvalue weighted by Crippen LogP contribution is 2.28. The number of amides is 1. The van der Waals surface area contributed by atoms with Gasteiger partial charge in [-0.05, 0) is 43.2 Å². The molecule has 3 heterocycles. The molecular weight excluding hydrogens is 518 g/mol. The van der Waals surface area contributed by atoms with Gasteiger partial charge in [0.2, 0.25) is 0 Å². The van der Waals surface area contributed by atoms with Crippen LogP contribution < -0.4 is 10.8 Å². The van der Waals surface area contributed by atoms with Gasteiger partial charge in [-0.1, -0.05) is 55.6 Å². The minimum atomic E-state index is -3.97. The molecule has 1 atom stereocenters. The van der Waals surface area contributed by atoms with Crippen LogP contribution in [0.5, 0.6) is 0 Å². The number of carbonyl (C=O) groups excluding carboxylic acids is 1. The molecule has 10 heteroatoms. The zero-order valence-corrected chi connectivity index (χ0v) is 23.3. The number of nitrogens with zero attached hydrogens (tertiary/aromatic N) is 2. The van der Waals surface area contributed by atoms with E-state index in [-0.39, 0.29) is 10.8 Å². The summed E-state index contributed by atoms with van der Waals surface area (Å²) in [7, 11) is -6.38. The molecule has 198 valence electrons. The normalized spacial score (nSPS) is 16.8. The molecule has 1 aliphatic rings. The summed E-state index contributed by atoms with van der Waals surface area (Å²) in [4.78, 5) is 22.2. The molecule has 1 N–H and O–H groups in total. The van der Waals surface area contributed by atoms with Crippen LogP contribution in [-0.4, -0.2) is 44.3 Å². The molecule has 2 aromatic heterocycles. The van der Waals surface area contributed by atoms with Crippen molar-refractivity contribution in [3.8, 4) is 0 Å². The molecule has 1 unspecified atom stereocenters. The van der Waals surface area contributed by atoms with E-state index in [4.69, 9.17) is 9.57 Å². The first-order chi connectivity index (χ1) is 18.3. The Morgan fingerprint density at radius 2 is 1.92 bits per heavy atom. The average Bonchev–Trinajstić information content (AvgIpc) is 3.34. The predicted octanol–water partition coefficient (Wildman–Crippen LogP) is 4.47. The van der Waals surface area contributed by atoms with Gasteiger partial charge in [0.1, 0.15) is 13.0 Å². The first kappa shape index (κ1) is 26.3. The monoisotopic (exact) mass is 549 g/mol. The second-order valence-corrected chi connectivity index (χ2v) is 16.5. The number of hydrogen-bond acceptors (Lipinski definition) is 6. The Kier molecular flexibility index (Phi) is 7.49. The Balaban J connectivity index is 1.46. The third-order valence-electron chi connectivity index (χ3n) is 6.80. The lowest BCUT2D eigenvalue weighted by Crippen LogP contribution is -2.47. The van der Waals surface area contributed by atoms with E-state index in [2.05, 4.69) is 23.6 Å². The third kappa shape index (κ3) is 5.30. The van der Waals surface area contributed by atoms with E-state index in [1.165, 1.54) is 10.0 Å². The molecule has 1 fully saturated rings. The fraction of sp³-hybridized carbons (Fsp3) is 0.286. The Labute approximate surface area is 223 Å². The molecular formula is C28H31N3O5SSi. The van der Waals surface area contributed by atoms with E-state index in [0.29, 0.717) is 23.7 Å². The molecule has 5 rings (SSSR count). The van der Waals surface area contributed by atoms with Crippen LogP contribution in [0.15, 0.2) is 83.9 Å². The van der Waals surface area contributed by atoms with Gasteiger partial charge in [-0.3, -0.25) is 9.78 Å². The SMILES string of the molecule is C[Si](C)(C/C=C/C(=O)NOC1CCCCO1)c1cc2ccccc2n1S(=O)(=O)c1cccc2cccnc12. The zero-order chi connectivity index (χ0) is 26.8. The fourth-order valence-electron chi connectivity index (χ4n) is 4.77. The maximum absolute atomic E-state index is 14.2. The second kappa shape index (κ2) is 10.8. The number of ether oxygens (including phenoxy) is 1. The third-order valence-corrected chi connectivity index (χ3v) is 11.7. The molecule has 0 bridgehead atoms. The van der Waals surface area contributed by atoms with E-state index >= 15 is 0 Å². The van der Waals surface area contributed by atoms with E-state index in [0.717, 1.165) is 35.4 Å². The van der Waals surface area contributed by atoms with Gasteiger partial charge in [-0.2, -0.15) is 0 Å². The summed E-state index contributed by atoms with van der Waals surface area (Å²) in [5, 5.41) is 2.36. The molecule has 2 aromatic carbocycles. The lowest BCUT2D eigenvalue weighted by atomic mass is 10.2. The highest BCUT2D eigenvalue weighted by atomic mass is 32.2. The van der Waals surface area contributed by atoms with Crippen LogP contribution in [0.25, 0.3) is 21.8 Å². The van der Waals surface area contributed by atoms with E-state index < -0.39 is 24.4 Å². The number of rotatable bonds is 8. The summed E-state index contributed by atoms with van der Waals surface area (Å²) < 4.78 is 35.4. The van der Waals surface area contributed by atoms with Gasteiger partial charge in [0.05, 0.1) is 11.0 Å². The van der Waals surface area contributed by atoms with Gasteiger partial charge in [0, 0.05) is 41.4 Å². The highest BCUT2D eigenvalue weighted by molar-refractivity contribution is 7.90. The summed E-state index contributed by atoms with van der Waals surface area (Å²) in [6.07, 6.45) is 7.16. The summed E-state index contributed by atoms with van der Waals surface area (Å²) in [6, 6.07) is 18.9. The van der Waals surface area contributed by atoms with Gasteiger partial charge in [-0.15, -0.1) is 0 Å². The molecule has 0 radical (unpaired) electrons. The van der Waals surface area contributed by atoms with Crippen LogP contribution in [-0.2, 0) is 24.4 Å². The quantitative estimate of drug-likeness (QED) is 0.198. The first-order valence-corrected chi connectivity index (χ1v) is 17.4. The molecule has 0 aliphatic carbocycles. The number of benzene rings is 2. The number of hydroxylamine groups is 1. The topological polar surface area (TPSA) is 99.5 Å². The van der Waals surface area contributed by atoms with Crippen molar-refractivity contribution in [1.29, 1.82) is 0 Å². The van der Waals surface area contributed by atoms with Crippen LogP contribution in [0.2, 0.25) is 19.1 Å². The minimum absolute atomic E-state index is 0.167. The van der Waals surface area contributed by atoms with Crippen LogP contribution >= 0.6 is 0 Å². The van der Waals surface area contributed by atoms with Crippen molar-refractivity contribution in [2.45, 2.75) is 49.6 Å². The van der Waals surface area contributed by atoms with Gasteiger partial charge in [0.15, 0.2) is 6.29 Å². The number of fused-ring (bicyclic) bond motifs is 2. The number of allylic oxidation sites excluding steroid dienone is 1. The first-order valence-electron chi connectivity index (χ1n) is 12.7. The molecule has 1 aliphatic heterocycles. The second-order valence-electron chi connectivity index (χ2n) is 10.1. The van der Waals surface area contributed by atoms with Crippen molar-refractivity contribution in [3.05, 3.63) is 79.0 Å². The van der Waals surface area contributed by atoms with E-state index in [1.54, 1.807) is 30.5 Å². The number of carbonyl (C=O) groups is 1. The summed E-state index contributed by atoms with van der Waals surface area (Å²) in [6.45, 7) is 4.83. The predicted molar refractivity (Wildman–Crippen MR) is 150 cm³/mol. The number of nitrogens with one attached hydrogen (secondary N) is 1. The summed E-state index contributed by atoms with van der Waals surface area (Å²) >= 11 is 0. The molecule has 0 saturated carbocycles. The molecule has 1 saturated heterocycles. The van der Waals surface area contributed by atoms with E-state index in [1.807, 2.05) is 42.5 Å². The Hall–Kier alpha value is -3.31. The number of para-hydroxylation sites is 2. The Morgan fingerprint density at radius 3 is 2.74 bits per heavy atom.